The summed E-state index contributed by atoms with van der Waals surface area (Å²) in [6, 6.07) is 10.2. The smallest absolute Gasteiger partial charge is 0.273 e. The van der Waals surface area contributed by atoms with Crippen LogP contribution >= 0.6 is 15.9 Å². The molecule has 1 N–H and O–H groups in total. The van der Waals surface area contributed by atoms with Gasteiger partial charge in [-0.15, -0.1) is 0 Å². The second-order valence-corrected chi connectivity index (χ2v) is 5.45. The molecule has 0 radical (unpaired) electrons. The van der Waals surface area contributed by atoms with Crippen molar-refractivity contribution in [2.24, 2.45) is 0 Å². The fourth-order valence-corrected chi connectivity index (χ4v) is 2.36. The van der Waals surface area contributed by atoms with Gasteiger partial charge in [0.25, 0.3) is 5.69 Å². The van der Waals surface area contributed by atoms with Gasteiger partial charge in [0.2, 0.25) is 0 Å². The van der Waals surface area contributed by atoms with Gasteiger partial charge in [-0.1, -0.05) is 22.0 Å². The monoisotopic (exact) mass is 350 g/mol. The Morgan fingerprint density at radius 1 is 1.29 bits per heavy atom. The van der Waals surface area contributed by atoms with Crippen LogP contribution in [-0.4, -0.2) is 12.0 Å². The Hall–Kier alpha value is -1.92. The van der Waals surface area contributed by atoms with Gasteiger partial charge in [-0.2, -0.15) is 0 Å². The van der Waals surface area contributed by atoms with E-state index in [9.17, 15) is 10.1 Å². The molecule has 2 rings (SSSR count). The van der Waals surface area contributed by atoms with E-state index in [1.165, 1.54) is 12.1 Å². The lowest BCUT2D eigenvalue weighted by atomic mass is 10.2. The van der Waals surface area contributed by atoms with Gasteiger partial charge in [-0.3, -0.25) is 10.1 Å². The summed E-state index contributed by atoms with van der Waals surface area (Å²) in [6.07, 6.45) is 0. The lowest BCUT2D eigenvalue weighted by Gasteiger charge is -2.10. The SMILES string of the molecule is CNCc1ccc(Oc2cc([N+](=O)[O-])ccc2C)cc1Br. The first kappa shape index (κ1) is 15.5. The van der Waals surface area contributed by atoms with Crippen LogP contribution in [0.5, 0.6) is 11.5 Å². The topological polar surface area (TPSA) is 64.4 Å². The Balaban J connectivity index is 2.27. The zero-order valence-corrected chi connectivity index (χ0v) is 13.3. The highest BCUT2D eigenvalue weighted by molar-refractivity contribution is 9.10. The minimum absolute atomic E-state index is 0.0152. The van der Waals surface area contributed by atoms with Crippen molar-refractivity contribution in [2.75, 3.05) is 7.05 Å². The van der Waals surface area contributed by atoms with E-state index in [1.54, 1.807) is 6.07 Å². The van der Waals surface area contributed by atoms with Gasteiger partial charge in [0.15, 0.2) is 0 Å². The van der Waals surface area contributed by atoms with Gasteiger partial charge < -0.3 is 10.1 Å². The van der Waals surface area contributed by atoms with E-state index in [2.05, 4.69) is 21.2 Å². The molecule has 2 aromatic carbocycles. The molecular formula is C15H15BrN2O3. The Labute approximate surface area is 131 Å². The molecule has 6 heteroatoms. The number of nitro benzene ring substituents is 1. The molecule has 0 unspecified atom stereocenters. The molecule has 21 heavy (non-hydrogen) atoms. The minimum atomic E-state index is -0.432. The first-order valence-electron chi connectivity index (χ1n) is 6.37. The average Bonchev–Trinajstić information content (AvgIpc) is 2.44. The number of hydrogen-bond donors (Lipinski definition) is 1. The van der Waals surface area contributed by atoms with E-state index in [0.717, 1.165) is 22.1 Å². The third kappa shape index (κ3) is 3.80. The Morgan fingerprint density at radius 2 is 2.05 bits per heavy atom. The van der Waals surface area contributed by atoms with Crippen molar-refractivity contribution in [3.8, 4) is 11.5 Å². The summed E-state index contributed by atoms with van der Waals surface area (Å²) in [7, 11) is 1.88. The zero-order valence-electron chi connectivity index (χ0n) is 11.7. The molecule has 0 saturated carbocycles. The lowest BCUT2D eigenvalue weighted by molar-refractivity contribution is -0.384. The molecule has 0 aromatic heterocycles. The molecule has 0 aliphatic heterocycles. The fourth-order valence-electron chi connectivity index (χ4n) is 1.86. The molecule has 0 aliphatic rings. The lowest BCUT2D eigenvalue weighted by Crippen LogP contribution is -2.05. The normalized spacial score (nSPS) is 10.4. The number of hydrogen-bond acceptors (Lipinski definition) is 4. The van der Waals surface area contributed by atoms with Gasteiger partial charge in [-0.25, -0.2) is 0 Å². The van der Waals surface area contributed by atoms with E-state index >= 15 is 0 Å². The van der Waals surface area contributed by atoms with Crippen LogP contribution in [0.3, 0.4) is 0 Å². The highest BCUT2D eigenvalue weighted by atomic mass is 79.9. The van der Waals surface area contributed by atoms with Crippen LogP contribution < -0.4 is 10.1 Å². The maximum atomic E-state index is 10.8. The summed E-state index contributed by atoms with van der Waals surface area (Å²) >= 11 is 3.49. The average molecular weight is 351 g/mol. The van der Waals surface area contributed by atoms with E-state index < -0.39 is 4.92 Å². The summed E-state index contributed by atoms with van der Waals surface area (Å²) in [5, 5.41) is 13.9. The number of aryl methyl sites for hydroxylation is 1. The van der Waals surface area contributed by atoms with Crippen molar-refractivity contribution in [3.05, 3.63) is 62.1 Å². The number of nitrogens with one attached hydrogen (secondary N) is 1. The number of nitro groups is 1. The number of rotatable bonds is 5. The van der Waals surface area contributed by atoms with Gasteiger partial charge in [0.1, 0.15) is 11.5 Å². The molecular weight excluding hydrogens is 336 g/mol. The molecule has 0 aliphatic carbocycles. The van der Waals surface area contributed by atoms with E-state index in [1.807, 2.05) is 32.2 Å². The fraction of sp³-hybridized carbons (Fsp3) is 0.200. The molecule has 0 saturated heterocycles. The third-order valence-corrected chi connectivity index (χ3v) is 3.74. The minimum Gasteiger partial charge on any atom is -0.457 e. The number of halogens is 1. The Kier molecular flexibility index (Phi) is 4.93. The van der Waals surface area contributed by atoms with Crippen LogP contribution in [0.4, 0.5) is 5.69 Å². The number of ether oxygens (including phenoxy) is 1. The van der Waals surface area contributed by atoms with Crippen molar-refractivity contribution < 1.29 is 9.66 Å². The largest absolute Gasteiger partial charge is 0.457 e. The maximum absolute atomic E-state index is 10.8. The van der Waals surface area contributed by atoms with Crippen LogP contribution in [0.1, 0.15) is 11.1 Å². The van der Waals surface area contributed by atoms with E-state index in [4.69, 9.17) is 4.74 Å². The second-order valence-electron chi connectivity index (χ2n) is 4.59. The first-order chi connectivity index (χ1) is 10.0. The first-order valence-corrected chi connectivity index (χ1v) is 7.16. The van der Waals surface area contributed by atoms with Crippen LogP contribution in [0.15, 0.2) is 40.9 Å². The summed E-state index contributed by atoms with van der Waals surface area (Å²) in [5.74, 6) is 1.11. The van der Waals surface area contributed by atoms with Gasteiger partial charge in [0, 0.05) is 17.1 Å². The summed E-state index contributed by atoms with van der Waals surface area (Å²) < 4.78 is 6.69. The zero-order chi connectivity index (χ0) is 15.4. The van der Waals surface area contributed by atoms with Crippen molar-refractivity contribution in [2.45, 2.75) is 13.5 Å². The molecule has 0 fully saturated rings. The molecule has 0 heterocycles. The summed E-state index contributed by atoms with van der Waals surface area (Å²) in [4.78, 5) is 10.4. The highest BCUT2D eigenvalue weighted by Crippen LogP contribution is 2.31. The van der Waals surface area contributed by atoms with Crippen molar-refractivity contribution in [1.82, 2.24) is 5.32 Å². The predicted molar refractivity (Wildman–Crippen MR) is 84.8 cm³/mol. The Morgan fingerprint density at radius 3 is 2.67 bits per heavy atom. The summed E-state index contributed by atoms with van der Waals surface area (Å²) in [5.41, 5.74) is 1.97. The van der Waals surface area contributed by atoms with E-state index in [-0.39, 0.29) is 5.69 Å². The third-order valence-electron chi connectivity index (χ3n) is 3.00. The second kappa shape index (κ2) is 6.69. The Bertz CT molecular complexity index is 674. The number of nitrogens with zero attached hydrogens (tertiary/aromatic N) is 1. The summed E-state index contributed by atoms with van der Waals surface area (Å²) in [6.45, 7) is 2.60. The van der Waals surface area contributed by atoms with Crippen LogP contribution in [0.25, 0.3) is 0 Å². The standard InChI is InChI=1S/C15H15BrN2O3/c1-10-3-5-12(18(19)20)7-15(10)21-13-6-4-11(9-17-2)14(16)8-13/h3-8,17H,9H2,1-2H3. The maximum Gasteiger partial charge on any atom is 0.273 e. The van der Waals surface area contributed by atoms with Gasteiger partial charge in [-0.05, 0) is 43.3 Å². The van der Waals surface area contributed by atoms with Crippen LogP contribution in [-0.2, 0) is 6.54 Å². The molecule has 0 atom stereocenters. The number of non-ortho nitro benzene ring substituents is 1. The predicted octanol–water partition coefficient (Wildman–Crippen LogP) is 4.18. The van der Waals surface area contributed by atoms with Crippen LogP contribution in [0.2, 0.25) is 0 Å². The molecule has 0 spiro atoms. The highest BCUT2D eigenvalue weighted by Gasteiger charge is 2.11. The molecule has 110 valence electrons. The van der Waals surface area contributed by atoms with Gasteiger partial charge >= 0.3 is 0 Å². The van der Waals surface area contributed by atoms with Crippen molar-refractivity contribution in [3.63, 3.8) is 0 Å². The van der Waals surface area contributed by atoms with Gasteiger partial charge in [0.05, 0.1) is 11.0 Å². The molecule has 0 bridgehead atoms. The van der Waals surface area contributed by atoms with Crippen LogP contribution in [0, 0.1) is 17.0 Å². The van der Waals surface area contributed by atoms with Crippen molar-refractivity contribution >= 4 is 21.6 Å². The van der Waals surface area contributed by atoms with Crippen molar-refractivity contribution in [1.29, 1.82) is 0 Å². The quantitative estimate of drug-likeness (QED) is 0.648. The molecule has 5 nitrogen and oxygen atoms in total. The number of benzene rings is 2. The van der Waals surface area contributed by atoms with E-state index in [0.29, 0.717) is 11.5 Å². The molecule has 0 amide bonds. The molecule has 2 aromatic rings.